The van der Waals surface area contributed by atoms with Gasteiger partial charge in [-0.25, -0.2) is 9.59 Å². The monoisotopic (exact) mass is 644 g/mol. The van der Waals surface area contributed by atoms with Crippen molar-refractivity contribution < 1.29 is 43.0 Å². The summed E-state index contributed by atoms with van der Waals surface area (Å²) in [6.45, 7) is 11.0. The van der Waals surface area contributed by atoms with Crippen molar-refractivity contribution in [3.63, 3.8) is 0 Å². The Morgan fingerprint density at radius 1 is 0.978 bits per heavy atom. The molecule has 0 bridgehead atoms. The Labute approximate surface area is 270 Å². The van der Waals surface area contributed by atoms with Crippen LogP contribution in [0.15, 0.2) is 42.5 Å². The second kappa shape index (κ2) is 18.5. The van der Waals surface area contributed by atoms with E-state index in [1.165, 1.54) is 12.2 Å². The molecule has 13 heteroatoms. The highest BCUT2D eigenvalue weighted by molar-refractivity contribution is 5.93. The maximum absolute atomic E-state index is 13.6. The molecule has 1 aliphatic rings. The van der Waals surface area contributed by atoms with E-state index in [4.69, 9.17) is 14.2 Å². The van der Waals surface area contributed by atoms with E-state index in [9.17, 15) is 28.8 Å². The van der Waals surface area contributed by atoms with E-state index in [1.807, 2.05) is 19.9 Å². The van der Waals surface area contributed by atoms with Gasteiger partial charge in [0.1, 0.15) is 24.3 Å². The summed E-state index contributed by atoms with van der Waals surface area (Å²) < 4.78 is 15.6. The second-order valence-electron chi connectivity index (χ2n) is 12.5. The van der Waals surface area contributed by atoms with E-state index in [0.717, 1.165) is 5.56 Å². The number of nitrogens with one attached hydrogen (secondary N) is 4. The molecule has 4 amide bonds. The summed E-state index contributed by atoms with van der Waals surface area (Å²) in [4.78, 5) is 76.7. The van der Waals surface area contributed by atoms with Crippen LogP contribution in [-0.4, -0.2) is 72.6 Å². The zero-order valence-electron chi connectivity index (χ0n) is 27.6. The highest BCUT2D eigenvalue weighted by Gasteiger charge is 2.33. The molecule has 13 nitrogen and oxygen atoms in total. The van der Waals surface area contributed by atoms with E-state index < -0.39 is 60.0 Å². The molecule has 4 atom stereocenters. The van der Waals surface area contributed by atoms with Gasteiger partial charge in [-0.05, 0) is 58.4 Å². The molecule has 1 heterocycles. The van der Waals surface area contributed by atoms with Crippen molar-refractivity contribution in [2.24, 2.45) is 11.8 Å². The maximum atomic E-state index is 13.6. The SMILES string of the molecule is CCOC(=O)C=C[C@H](C[C@@H]1CCNC1=O)NC(=O)[C@H](CC(C)C)NC(=O)[C@H](CC(=O)OC(C)(C)C)NC(=O)OCc1ccccc1. The summed E-state index contributed by atoms with van der Waals surface area (Å²) >= 11 is 0. The number of rotatable bonds is 16. The molecule has 0 aromatic heterocycles. The zero-order valence-corrected chi connectivity index (χ0v) is 27.6. The van der Waals surface area contributed by atoms with Gasteiger partial charge in [-0.1, -0.05) is 50.3 Å². The van der Waals surface area contributed by atoms with E-state index in [0.29, 0.717) is 13.0 Å². The van der Waals surface area contributed by atoms with Crippen molar-refractivity contribution in [2.75, 3.05) is 13.2 Å². The quantitative estimate of drug-likeness (QED) is 0.120. The molecular formula is C33H48N4O9. The minimum absolute atomic E-state index is 0.0433. The Kier molecular flexibility index (Phi) is 15.2. The Hall–Kier alpha value is -4.42. The summed E-state index contributed by atoms with van der Waals surface area (Å²) in [6, 6.07) is 5.71. The first-order valence-corrected chi connectivity index (χ1v) is 15.6. The smallest absolute Gasteiger partial charge is 0.408 e. The Bertz CT molecular complexity index is 1230. The predicted octanol–water partition coefficient (Wildman–Crippen LogP) is 2.67. The van der Waals surface area contributed by atoms with Crippen molar-refractivity contribution in [1.29, 1.82) is 0 Å². The summed E-state index contributed by atoms with van der Waals surface area (Å²) in [7, 11) is 0. The first-order chi connectivity index (χ1) is 21.7. The lowest BCUT2D eigenvalue weighted by Gasteiger charge is -2.26. The molecule has 46 heavy (non-hydrogen) atoms. The molecule has 1 fully saturated rings. The van der Waals surface area contributed by atoms with Crippen LogP contribution in [0, 0.1) is 11.8 Å². The molecule has 0 saturated carbocycles. The van der Waals surface area contributed by atoms with Crippen LogP contribution >= 0.6 is 0 Å². The van der Waals surface area contributed by atoms with Gasteiger partial charge in [0.2, 0.25) is 17.7 Å². The molecule has 2 rings (SSSR count). The standard InChI is InChI=1S/C33H48N4O9/c1-7-44-27(38)14-13-24(18-23-15-16-34-29(23)40)35-30(41)25(17-21(2)3)36-31(42)26(19-28(39)46-33(4,5)6)37-32(43)45-20-22-11-9-8-10-12-22/h8-14,21,23-26H,7,15-20H2,1-6H3,(H,34,40)(H,35,41)(H,36,42)(H,37,43)/t23-,24+,25-,26-/m0/s1. The number of hydrogen-bond acceptors (Lipinski definition) is 9. The number of esters is 2. The average molecular weight is 645 g/mol. The molecule has 0 radical (unpaired) electrons. The fourth-order valence-electron chi connectivity index (χ4n) is 4.67. The van der Waals surface area contributed by atoms with Gasteiger partial charge in [0, 0.05) is 24.6 Å². The lowest BCUT2D eigenvalue weighted by atomic mass is 9.97. The summed E-state index contributed by atoms with van der Waals surface area (Å²) in [5, 5.41) is 10.7. The Morgan fingerprint density at radius 3 is 2.24 bits per heavy atom. The van der Waals surface area contributed by atoms with Gasteiger partial charge < -0.3 is 35.5 Å². The first-order valence-electron chi connectivity index (χ1n) is 15.6. The normalized spacial score (nSPS) is 16.6. The molecule has 0 spiro atoms. The number of hydrogen-bond donors (Lipinski definition) is 4. The molecule has 1 aromatic carbocycles. The lowest BCUT2D eigenvalue weighted by molar-refractivity contribution is -0.156. The van der Waals surface area contributed by atoms with Crippen molar-refractivity contribution >= 4 is 35.8 Å². The molecule has 1 aliphatic heterocycles. The van der Waals surface area contributed by atoms with Crippen LogP contribution in [0.1, 0.15) is 72.8 Å². The van der Waals surface area contributed by atoms with Crippen LogP contribution in [0.2, 0.25) is 0 Å². The fraction of sp³-hybridized carbons (Fsp3) is 0.576. The number of carbonyl (C=O) groups is 6. The van der Waals surface area contributed by atoms with Gasteiger partial charge in [-0.2, -0.15) is 0 Å². The van der Waals surface area contributed by atoms with Crippen LogP contribution in [0.25, 0.3) is 0 Å². The van der Waals surface area contributed by atoms with Crippen LogP contribution < -0.4 is 21.3 Å². The van der Waals surface area contributed by atoms with Gasteiger partial charge in [0.25, 0.3) is 0 Å². The highest BCUT2D eigenvalue weighted by Crippen LogP contribution is 2.18. The molecule has 0 aliphatic carbocycles. The Balaban J connectivity index is 2.22. The van der Waals surface area contributed by atoms with E-state index in [1.54, 1.807) is 52.0 Å². The largest absolute Gasteiger partial charge is 0.463 e. The van der Waals surface area contributed by atoms with Crippen molar-refractivity contribution in [3.8, 4) is 0 Å². The van der Waals surface area contributed by atoms with Gasteiger partial charge in [0.15, 0.2) is 0 Å². The molecule has 254 valence electrons. The minimum Gasteiger partial charge on any atom is -0.463 e. The van der Waals surface area contributed by atoms with Crippen molar-refractivity contribution in [2.45, 2.75) is 97.6 Å². The fourth-order valence-corrected chi connectivity index (χ4v) is 4.67. The maximum Gasteiger partial charge on any atom is 0.408 e. The van der Waals surface area contributed by atoms with Gasteiger partial charge in [0.05, 0.1) is 13.0 Å². The summed E-state index contributed by atoms with van der Waals surface area (Å²) in [6.07, 6.45) is 2.23. The highest BCUT2D eigenvalue weighted by atomic mass is 16.6. The summed E-state index contributed by atoms with van der Waals surface area (Å²) in [5.74, 6) is -3.26. The van der Waals surface area contributed by atoms with Crippen molar-refractivity contribution in [3.05, 3.63) is 48.0 Å². The average Bonchev–Trinajstić information content (AvgIpc) is 3.37. The number of alkyl carbamates (subject to hydrolysis) is 1. The van der Waals surface area contributed by atoms with Crippen LogP contribution in [-0.2, 0) is 44.8 Å². The number of benzene rings is 1. The van der Waals surface area contributed by atoms with Gasteiger partial charge >= 0.3 is 18.0 Å². The summed E-state index contributed by atoms with van der Waals surface area (Å²) in [5.41, 5.74) is -0.116. The van der Waals surface area contributed by atoms with Gasteiger partial charge in [-0.3, -0.25) is 19.2 Å². The van der Waals surface area contributed by atoms with Crippen molar-refractivity contribution in [1.82, 2.24) is 21.3 Å². The predicted molar refractivity (Wildman–Crippen MR) is 169 cm³/mol. The first kappa shape index (κ1) is 37.8. The molecular weight excluding hydrogens is 596 g/mol. The molecule has 1 saturated heterocycles. The minimum atomic E-state index is -1.41. The zero-order chi connectivity index (χ0) is 34.3. The van der Waals surface area contributed by atoms with E-state index in [2.05, 4.69) is 21.3 Å². The third-order valence-electron chi connectivity index (χ3n) is 6.73. The Morgan fingerprint density at radius 2 is 1.65 bits per heavy atom. The molecule has 4 N–H and O–H groups in total. The second-order valence-corrected chi connectivity index (χ2v) is 12.5. The van der Waals surface area contributed by atoms with Gasteiger partial charge in [-0.15, -0.1) is 0 Å². The molecule has 1 aromatic rings. The molecule has 0 unspecified atom stereocenters. The third-order valence-corrected chi connectivity index (χ3v) is 6.73. The topological polar surface area (TPSA) is 178 Å². The number of amides is 4. The van der Waals surface area contributed by atoms with Crippen LogP contribution in [0.4, 0.5) is 4.79 Å². The number of ether oxygens (including phenoxy) is 3. The van der Waals surface area contributed by atoms with Crippen LogP contribution in [0.3, 0.4) is 0 Å². The van der Waals surface area contributed by atoms with E-state index in [-0.39, 0.29) is 43.8 Å². The lowest BCUT2D eigenvalue weighted by Crippen LogP contribution is -2.55. The third kappa shape index (κ3) is 14.6. The van der Waals surface area contributed by atoms with E-state index >= 15 is 0 Å². The van der Waals surface area contributed by atoms with Crippen LogP contribution in [0.5, 0.6) is 0 Å². The number of carbonyl (C=O) groups excluding carboxylic acids is 6.